The van der Waals surface area contributed by atoms with Crippen molar-refractivity contribution in [1.82, 2.24) is 0 Å². The average Bonchev–Trinajstić information content (AvgIpc) is 3.15. The van der Waals surface area contributed by atoms with Crippen LogP contribution in [0.1, 0.15) is 22.3 Å². The number of aliphatic imine (C=N–C) groups is 1. The van der Waals surface area contributed by atoms with Crippen LogP contribution in [0.2, 0.25) is 0 Å². The summed E-state index contributed by atoms with van der Waals surface area (Å²) in [5.74, 6) is 0.478. The van der Waals surface area contributed by atoms with Gasteiger partial charge in [0.15, 0.2) is 5.17 Å². The van der Waals surface area contributed by atoms with Crippen LogP contribution in [0, 0.1) is 20.8 Å². The normalized spacial score (nSPS) is 14.3. The first kappa shape index (κ1) is 24.3. The predicted molar refractivity (Wildman–Crippen MR) is 144 cm³/mol. The van der Waals surface area contributed by atoms with E-state index in [0.717, 1.165) is 39.4 Å². The Hall–Kier alpha value is -3.84. The summed E-state index contributed by atoms with van der Waals surface area (Å²) in [4.78, 5) is 32.4. The monoisotopic (exact) mass is 485 g/mol. The minimum absolute atomic E-state index is 0.123. The molecule has 6 nitrogen and oxygen atoms in total. The molecular formula is C28H27N3O3S. The Morgan fingerprint density at radius 2 is 1.63 bits per heavy atom. The number of rotatable bonds is 6. The maximum atomic E-state index is 13.4. The second-order valence-corrected chi connectivity index (χ2v) is 9.17. The average molecular weight is 486 g/mol. The van der Waals surface area contributed by atoms with Crippen LogP contribution in [-0.4, -0.2) is 29.8 Å². The summed E-state index contributed by atoms with van der Waals surface area (Å²) in [5.41, 5.74) is 5.67. The van der Waals surface area contributed by atoms with Crippen LogP contribution in [-0.2, 0) is 9.59 Å². The van der Waals surface area contributed by atoms with Crippen LogP contribution < -0.4 is 15.0 Å². The van der Waals surface area contributed by atoms with Gasteiger partial charge in [-0.3, -0.25) is 14.5 Å². The molecule has 2 amide bonds. The molecule has 1 heterocycles. The van der Waals surface area contributed by atoms with Gasteiger partial charge in [0, 0.05) is 5.69 Å². The van der Waals surface area contributed by atoms with E-state index in [1.807, 2.05) is 87.5 Å². The van der Waals surface area contributed by atoms with Crippen LogP contribution in [0.5, 0.6) is 5.75 Å². The van der Waals surface area contributed by atoms with E-state index in [-0.39, 0.29) is 17.6 Å². The predicted octanol–water partition coefficient (Wildman–Crippen LogP) is 5.74. The van der Waals surface area contributed by atoms with Crippen molar-refractivity contribution in [2.75, 3.05) is 23.1 Å². The fourth-order valence-corrected chi connectivity index (χ4v) is 4.60. The van der Waals surface area contributed by atoms with Gasteiger partial charge in [0.2, 0.25) is 5.91 Å². The van der Waals surface area contributed by atoms with Gasteiger partial charge in [0.05, 0.1) is 18.6 Å². The van der Waals surface area contributed by atoms with Gasteiger partial charge in [-0.2, -0.15) is 0 Å². The number of nitrogens with one attached hydrogen (secondary N) is 1. The van der Waals surface area contributed by atoms with E-state index in [0.29, 0.717) is 10.9 Å². The van der Waals surface area contributed by atoms with Crippen LogP contribution in [0.4, 0.5) is 11.4 Å². The quantitative estimate of drug-likeness (QED) is 0.452. The lowest BCUT2D eigenvalue weighted by Crippen LogP contribution is -2.31. The molecule has 4 rings (SSSR count). The molecule has 3 aromatic rings. The number of hydrogen-bond acceptors (Lipinski definition) is 5. The highest BCUT2D eigenvalue weighted by Crippen LogP contribution is 2.32. The third kappa shape index (κ3) is 5.46. The summed E-state index contributed by atoms with van der Waals surface area (Å²) in [6.45, 7) is 5.88. The van der Waals surface area contributed by atoms with E-state index in [1.165, 1.54) is 11.8 Å². The molecule has 0 radical (unpaired) electrons. The minimum Gasteiger partial charge on any atom is -0.497 e. The maximum absolute atomic E-state index is 13.4. The van der Waals surface area contributed by atoms with Gasteiger partial charge in [-0.1, -0.05) is 60.3 Å². The molecule has 1 N–H and O–H groups in total. The van der Waals surface area contributed by atoms with E-state index >= 15 is 0 Å². The lowest BCUT2D eigenvalue weighted by molar-refractivity contribution is -0.114. The Kier molecular flexibility index (Phi) is 7.36. The van der Waals surface area contributed by atoms with Gasteiger partial charge in [-0.25, -0.2) is 4.99 Å². The number of hydrogen-bond donors (Lipinski definition) is 1. The molecule has 0 aromatic heterocycles. The fourth-order valence-electron chi connectivity index (χ4n) is 3.80. The summed E-state index contributed by atoms with van der Waals surface area (Å²) >= 11 is 1.24. The number of carbonyl (C=O) groups is 2. The highest BCUT2D eigenvalue weighted by molar-refractivity contribution is 8.14. The first-order chi connectivity index (χ1) is 16.9. The maximum Gasteiger partial charge on any atom is 0.283 e. The van der Waals surface area contributed by atoms with Crippen molar-refractivity contribution in [3.63, 3.8) is 0 Å². The van der Waals surface area contributed by atoms with Crippen LogP contribution in [0.15, 0.2) is 77.4 Å². The number of methoxy groups -OCH3 is 1. The van der Waals surface area contributed by atoms with Crippen LogP contribution >= 0.6 is 11.8 Å². The number of thioether (sulfide) groups is 1. The topological polar surface area (TPSA) is 71.0 Å². The number of amides is 2. The van der Waals surface area contributed by atoms with Crippen LogP contribution in [0.25, 0.3) is 6.08 Å². The first-order valence-electron chi connectivity index (χ1n) is 11.2. The third-order valence-corrected chi connectivity index (χ3v) is 6.62. The number of aryl methyl sites for hydroxylation is 3. The minimum atomic E-state index is -0.229. The number of ether oxygens (including phenoxy) is 1. The van der Waals surface area contributed by atoms with Gasteiger partial charge in [0.1, 0.15) is 11.4 Å². The molecule has 1 aliphatic heterocycles. The third-order valence-electron chi connectivity index (χ3n) is 5.68. The molecule has 0 aliphatic carbocycles. The standard InChI is InChI=1S/C28H27N3O3S/c1-18-8-5-6-11-24(18)31-27(33)23(16-21-12-14-22(34-4)15-13-21)29-28(31)35-17-25(32)30-26-19(2)9-7-10-20(26)3/h5-16H,17H2,1-4H3,(H,30,32)/b23-16+. The Morgan fingerprint density at radius 3 is 2.29 bits per heavy atom. The van der Waals surface area contributed by atoms with Crippen molar-refractivity contribution < 1.29 is 14.3 Å². The SMILES string of the molecule is COc1ccc(/C=C2/N=C(SCC(=O)Nc3c(C)cccc3C)N(c3ccccc3C)C2=O)cc1. The van der Waals surface area contributed by atoms with E-state index in [9.17, 15) is 9.59 Å². The Bertz CT molecular complexity index is 1310. The largest absolute Gasteiger partial charge is 0.497 e. The van der Waals surface area contributed by atoms with E-state index < -0.39 is 0 Å². The molecule has 0 saturated heterocycles. The van der Waals surface area contributed by atoms with Gasteiger partial charge in [-0.05, 0) is 67.3 Å². The molecule has 0 saturated carbocycles. The summed E-state index contributed by atoms with van der Waals surface area (Å²) < 4.78 is 5.21. The summed E-state index contributed by atoms with van der Waals surface area (Å²) in [5, 5.41) is 3.47. The van der Waals surface area contributed by atoms with E-state index in [2.05, 4.69) is 10.3 Å². The lowest BCUT2D eigenvalue weighted by Gasteiger charge is -2.20. The second-order valence-electron chi connectivity index (χ2n) is 8.23. The molecule has 7 heteroatoms. The zero-order valence-corrected chi connectivity index (χ0v) is 21.0. The fraction of sp³-hybridized carbons (Fsp3) is 0.179. The molecule has 0 unspecified atom stereocenters. The zero-order chi connectivity index (χ0) is 24.9. The van der Waals surface area contributed by atoms with Crippen LogP contribution in [0.3, 0.4) is 0 Å². The van der Waals surface area contributed by atoms with Crippen molar-refractivity contribution in [2.24, 2.45) is 4.99 Å². The van der Waals surface area contributed by atoms with E-state index in [4.69, 9.17) is 4.74 Å². The molecule has 35 heavy (non-hydrogen) atoms. The van der Waals surface area contributed by atoms with Gasteiger partial charge >= 0.3 is 0 Å². The zero-order valence-electron chi connectivity index (χ0n) is 20.2. The van der Waals surface area contributed by atoms with Crippen molar-refractivity contribution in [3.8, 4) is 5.75 Å². The molecule has 0 atom stereocenters. The molecule has 0 spiro atoms. The number of carbonyl (C=O) groups excluding carboxylic acids is 2. The molecule has 0 bridgehead atoms. The Labute approximate surface area is 209 Å². The second kappa shape index (κ2) is 10.6. The number of anilines is 2. The number of para-hydroxylation sites is 2. The Balaban J connectivity index is 1.59. The molecule has 0 fully saturated rings. The molecule has 3 aromatic carbocycles. The van der Waals surface area contributed by atoms with Gasteiger partial charge in [-0.15, -0.1) is 0 Å². The molecule has 1 aliphatic rings. The highest BCUT2D eigenvalue weighted by atomic mass is 32.2. The summed E-state index contributed by atoms with van der Waals surface area (Å²) in [7, 11) is 1.61. The summed E-state index contributed by atoms with van der Waals surface area (Å²) in [6.07, 6.45) is 1.75. The lowest BCUT2D eigenvalue weighted by atomic mass is 10.1. The number of nitrogens with zero attached hydrogens (tertiary/aromatic N) is 2. The molecular weight excluding hydrogens is 458 g/mol. The summed E-state index contributed by atoms with van der Waals surface area (Å²) in [6, 6.07) is 20.9. The highest BCUT2D eigenvalue weighted by Gasteiger charge is 2.33. The first-order valence-corrected chi connectivity index (χ1v) is 12.2. The van der Waals surface area contributed by atoms with E-state index in [1.54, 1.807) is 18.1 Å². The van der Waals surface area contributed by atoms with Gasteiger partial charge < -0.3 is 10.1 Å². The van der Waals surface area contributed by atoms with Crippen molar-refractivity contribution >= 4 is 46.2 Å². The number of amidine groups is 1. The smallest absolute Gasteiger partial charge is 0.283 e. The van der Waals surface area contributed by atoms with Gasteiger partial charge in [0.25, 0.3) is 5.91 Å². The van der Waals surface area contributed by atoms with Crippen molar-refractivity contribution in [2.45, 2.75) is 20.8 Å². The number of benzene rings is 3. The van der Waals surface area contributed by atoms with Crippen molar-refractivity contribution in [1.29, 1.82) is 0 Å². The Morgan fingerprint density at radius 1 is 0.971 bits per heavy atom. The van der Waals surface area contributed by atoms with Crippen molar-refractivity contribution in [3.05, 3.63) is 94.7 Å². The molecule has 178 valence electrons.